The molecule has 1 aromatic heterocycles. The third-order valence-electron chi connectivity index (χ3n) is 4.55. The van der Waals surface area contributed by atoms with Gasteiger partial charge in [0, 0.05) is 39.6 Å². The van der Waals surface area contributed by atoms with E-state index in [2.05, 4.69) is 29.0 Å². The Balaban J connectivity index is 0.00000261. The van der Waals surface area contributed by atoms with Gasteiger partial charge < -0.3 is 10.4 Å². The predicted octanol–water partition coefficient (Wildman–Crippen LogP) is 6.12. The van der Waals surface area contributed by atoms with Crippen LogP contribution in [0.5, 0.6) is 5.75 Å². The Morgan fingerprint density at radius 2 is 1.81 bits per heavy atom. The maximum atomic E-state index is 10.2. The number of phenolic OH excluding ortho intramolecular Hbond substituents is 1. The standard InChI is InChI=1S/C21H24ClN3O.CH4/c1-4-25(5-2)13-15-11-17(7-9-21(15)26)24-19-10-14(3)23-20-12-16(22)6-8-18(19)20;/h6-12,26H,4-5,13H2,1-3H3,(H,23,24);1H4. The van der Waals surface area contributed by atoms with Gasteiger partial charge in [-0.3, -0.25) is 9.88 Å². The Labute approximate surface area is 166 Å². The molecule has 0 aliphatic rings. The van der Waals surface area contributed by atoms with Crippen molar-refractivity contribution in [1.29, 1.82) is 0 Å². The van der Waals surface area contributed by atoms with Gasteiger partial charge >= 0.3 is 0 Å². The zero-order valence-corrected chi connectivity index (χ0v) is 16.1. The van der Waals surface area contributed by atoms with Crippen molar-refractivity contribution in [3.63, 3.8) is 0 Å². The molecule has 0 unspecified atom stereocenters. The van der Waals surface area contributed by atoms with Crippen molar-refractivity contribution in [2.75, 3.05) is 18.4 Å². The fraction of sp³-hybridized carbons (Fsp3) is 0.318. The Bertz CT molecular complexity index is 918. The summed E-state index contributed by atoms with van der Waals surface area (Å²) < 4.78 is 0. The topological polar surface area (TPSA) is 48.4 Å². The van der Waals surface area contributed by atoms with Crippen LogP contribution >= 0.6 is 11.6 Å². The number of halogens is 1. The molecule has 27 heavy (non-hydrogen) atoms. The van der Waals surface area contributed by atoms with Crippen molar-refractivity contribution < 1.29 is 5.11 Å². The molecule has 0 bridgehead atoms. The molecule has 3 aromatic rings. The number of aryl methyl sites for hydroxylation is 1. The summed E-state index contributed by atoms with van der Waals surface area (Å²) in [5.41, 5.74) is 4.61. The fourth-order valence-electron chi connectivity index (χ4n) is 3.07. The Morgan fingerprint density at radius 3 is 2.52 bits per heavy atom. The van der Waals surface area contributed by atoms with Gasteiger partial charge in [-0.15, -0.1) is 0 Å². The van der Waals surface area contributed by atoms with Crippen LogP contribution in [0.25, 0.3) is 10.9 Å². The molecule has 5 heteroatoms. The first-order valence-corrected chi connectivity index (χ1v) is 9.26. The summed E-state index contributed by atoms with van der Waals surface area (Å²) in [4.78, 5) is 6.83. The number of phenols is 1. The number of aromatic nitrogens is 1. The molecule has 0 amide bonds. The number of rotatable bonds is 6. The molecule has 4 nitrogen and oxygen atoms in total. The second-order valence-electron chi connectivity index (χ2n) is 6.40. The van der Waals surface area contributed by atoms with Crippen LogP contribution in [0.4, 0.5) is 11.4 Å². The number of benzene rings is 2. The molecular formula is C22H28ClN3O. The lowest BCUT2D eigenvalue weighted by Gasteiger charge is -2.19. The maximum absolute atomic E-state index is 10.2. The largest absolute Gasteiger partial charge is 0.508 e. The summed E-state index contributed by atoms with van der Waals surface area (Å²) in [6.07, 6.45) is 0. The lowest BCUT2D eigenvalue weighted by atomic mass is 10.1. The van der Waals surface area contributed by atoms with Gasteiger partial charge in [-0.05, 0) is 62.5 Å². The van der Waals surface area contributed by atoms with E-state index >= 15 is 0 Å². The highest BCUT2D eigenvalue weighted by Gasteiger charge is 2.09. The zero-order chi connectivity index (χ0) is 18.7. The van der Waals surface area contributed by atoms with Crippen LogP contribution in [0.15, 0.2) is 42.5 Å². The normalized spacial score (nSPS) is 10.9. The van der Waals surface area contributed by atoms with E-state index in [1.807, 2.05) is 43.3 Å². The lowest BCUT2D eigenvalue weighted by Crippen LogP contribution is -2.22. The molecule has 144 valence electrons. The van der Waals surface area contributed by atoms with Crippen LogP contribution in [0.1, 0.15) is 32.5 Å². The van der Waals surface area contributed by atoms with Crippen molar-refractivity contribution in [3.05, 3.63) is 58.7 Å². The van der Waals surface area contributed by atoms with E-state index in [1.165, 1.54) is 0 Å². The van der Waals surface area contributed by atoms with Gasteiger partial charge in [-0.1, -0.05) is 32.9 Å². The second kappa shape index (κ2) is 9.07. The number of anilines is 2. The first-order valence-electron chi connectivity index (χ1n) is 8.88. The van der Waals surface area contributed by atoms with Crippen LogP contribution in [-0.4, -0.2) is 28.1 Å². The third-order valence-corrected chi connectivity index (χ3v) is 4.78. The van der Waals surface area contributed by atoms with Gasteiger partial charge in [0.25, 0.3) is 0 Å². The Kier molecular flexibility index (Phi) is 7.05. The molecule has 0 fully saturated rings. The first kappa shape index (κ1) is 21.0. The van der Waals surface area contributed by atoms with E-state index in [4.69, 9.17) is 11.6 Å². The van der Waals surface area contributed by atoms with Gasteiger partial charge in [-0.25, -0.2) is 0 Å². The minimum absolute atomic E-state index is 0. The van der Waals surface area contributed by atoms with Gasteiger partial charge in [0.05, 0.1) is 5.52 Å². The number of pyridine rings is 1. The van der Waals surface area contributed by atoms with E-state index in [0.29, 0.717) is 10.8 Å². The van der Waals surface area contributed by atoms with Crippen molar-refractivity contribution in [2.45, 2.75) is 34.7 Å². The highest BCUT2D eigenvalue weighted by Crippen LogP contribution is 2.30. The SMILES string of the molecule is C.CCN(CC)Cc1cc(Nc2cc(C)nc3cc(Cl)ccc23)ccc1O. The van der Waals surface area contributed by atoms with Gasteiger partial charge in [0.15, 0.2) is 0 Å². The molecule has 3 rings (SSSR count). The molecule has 0 aliphatic heterocycles. The van der Waals surface area contributed by atoms with Crippen LogP contribution in [0.2, 0.25) is 5.02 Å². The van der Waals surface area contributed by atoms with E-state index in [0.717, 1.165) is 53.2 Å². The van der Waals surface area contributed by atoms with Crippen LogP contribution < -0.4 is 5.32 Å². The number of fused-ring (bicyclic) bond motifs is 1. The van der Waals surface area contributed by atoms with Crippen molar-refractivity contribution in [2.24, 2.45) is 0 Å². The maximum Gasteiger partial charge on any atom is 0.120 e. The summed E-state index contributed by atoms with van der Waals surface area (Å²) in [7, 11) is 0. The molecule has 0 atom stereocenters. The summed E-state index contributed by atoms with van der Waals surface area (Å²) in [5.74, 6) is 0.324. The van der Waals surface area contributed by atoms with E-state index < -0.39 is 0 Å². The van der Waals surface area contributed by atoms with E-state index in [9.17, 15) is 5.11 Å². The monoisotopic (exact) mass is 385 g/mol. The molecule has 2 aromatic carbocycles. The van der Waals surface area contributed by atoms with Gasteiger partial charge in [0.2, 0.25) is 0 Å². The third kappa shape index (κ3) is 4.90. The number of nitrogens with zero attached hydrogens (tertiary/aromatic N) is 2. The Morgan fingerprint density at radius 1 is 1.07 bits per heavy atom. The summed E-state index contributed by atoms with van der Waals surface area (Å²) in [6, 6.07) is 13.4. The molecule has 2 N–H and O–H groups in total. The van der Waals surface area contributed by atoms with Crippen LogP contribution in [0, 0.1) is 6.92 Å². The smallest absolute Gasteiger partial charge is 0.120 e. The number of nitrogens with one attached hydrogen (secondary N) is 1. The summed E-state index contributed by atoms with van der Waals surface area (Å²) >= 11 is 6.10. The van der Waals surface area contributed by atoms with Crippen LogP contribution in [-0.2, 0) is 6.54 Å². The number of hydrogen-bond acceptors (Lipinski definition) is 4. The average molecular weight is 386 g/mol. The first-order chi connectivity index (χ1) is 12.5. The fourth-order valence-corrected chi connectivity index (χ4v) is 3.24. The minimum Gasteiger partial charge on any atom is -0.508 e. The van der Waals surface area contributed by atoms with Gasteiger partial charge in [-0.2, -0.15) is 0 Å². The number of aromatic hydroxyl groups is 1. The van der Waals surface area contributed by atoms with E-state index in [-0.39, 0.29) is 7.43 Å². The highest BCUT2D eigenvalue weighted by molar-refractivity contribution is 6.31. The van der Waals surface area contributed by atoms with Crippen LogP contribution in [0.3, 0.4) is 0 Å². The van der Waals surface area contributed by atoms with Crippen molar-refractivity contribution in [1.82, 2.24) is 9.88 Å². The van der Waals surface area contributed by atoms with E-state index in [1.54, 1.807) is 6.07 Å². The van der Waals surface area contributed by atoms with Crippen molar-refractivity contribution in [3.8, 4) is 5.75 Å². The molecular weight excluding hydrogens is 358 g/mol. The second-order valence-corrected chi connectivity index (χ2v) is 6.84. The molecule has 0 spiro atoms. The van der Waals surface area contributed by atoms with Crippen molar-refractivity contribution >= 4 is 33.9 Å². The summed E-state index contributed by atoms with van der Waals surface area (Å²) in [6.45, 7) is 8.83. The van der Waals surface area contributed by atoms with Gasteiger partial charge in [0.1, 0.15) is 5.75 Å². The molecule has 1 heterocycles. The average Bonchev–Trinajstić information content (AvgIpc) is 2.61. The predicted molar refractivity (Wildman–Crippen MR) is 116 cm³/mol. The molecule has 0 radical (unpaired) electrons. The Hall–Kier alpha value is -2.30. The zero-order valence-electron chi connectivity index (χ0n) is 15.4. The minimum atomic E-state index is 0. The summed E-state index contributed by atoms with van der Waals surface area (Å²) in [5, 5.41) is 15.4. The highest BCUT2D eigenvalue weighted by atomic mass is 35.5. The molecule has 0 aliphatic carbocycles. The lowest BCUT2D eigenvalue weighted by molar-refractivity contribution is 0.291. The molecule has 0 saturated heterocycles. The molecule has 0 saturated carbocycles. The quantitative estimate of drug-likeness (QED) is 0.501. The number of hydrogen-bond donors (Lipinski definition) is 2.